The van der Waals surface area contributed by atoms with Gasteiger partial charge in [0.15, 0.2) is 11.6 Å². The van der Waals surface area contributed by atoms with E-state index in [9.17, 15) is 17.6 Å². The van der Waals surface area contributed by atoms with Gasteiger partial charge in [0.1, 0.15) is 5.82 Å². The van der Waals surface area contributed by atoms with Crippen LogP contribution in [0.1, 0.15) is 49.8 Å². The Bertz CT molecular complexity index is 1160. The molecule has 3 aromatic rings. The maximum Gasteiger partial charge on any atom is 0.416 e. The summed E-state index contributed by atoms with van der Waals surface area (Å²) in [6, 6.07) is 3.26. The van der Waals surface area contributed by atoms with Crippen LogP contribution in [0.25, 0.3) is 10.9 Å². The van der Waals surface area contributed by atoms with Gasteiger partial charge in [-0.25, -0.2) is 9.37 Å². The molecule has 2 aromatic heterocycles. The first-order valence-electron chi connectivity index (χ1n) is 10.5. The third kappa shape index (κ3) is 3.96. The molecule has 32 heavy (non-hydrogen) atoms. The van der Waals surface area contributed by atoms with Crippen LogP contribution in [0.15, 0.2) is 18.2 Å². The molecule has 2 aliphatic rings. The SMILES string of the molecule is CC1(N)CCN(c2nc(Nc3n[nH]c(C4CC4)c3F)c3cc(C(F)(F)F)ccc3n2)CC1. The highest BCUT2D eigenvalue weighted by Crippen LogP contribution is 2.42. The molecule has 3 heterocycles. The van der Waals surface area contributed by atoms with E-state index in [1.165, 1.54) is 6.07 Å². The van der Waals surface area contributed by atoms with Gasteiger partial charge in [-0.05, 0) is 50.8 Å². The molecule has 1 saturated heterocycles. The molecule has 0 radical (unpaired) electrons. The zero-order valence-corrected chi connectivity index (χ0v) is 17.4. The first-order valence-corrected chi connectivity index (χ1v) is 10.5. The minimum Gasteiger partial charge on any atom is -0.341 e. The molecule has 1 aromatic carbocycles. The second-order valence-corrected chi connectivity index (χ2v) is 8.94. The average Bonchev–Trinajstić information content (AvgIpc) is 3.51. The van der Waals surface area contributed by atoms with Crippen LogP contribution in [0, 0.1) is 5.82 Å². The molecule has 11 heteroatoms. The maximum absolute atomic E-state index is 14.8. The number of aromatic amines is 1. The third-order valence-electron chi connectivity index (χ3n) is 6.15. The molecular formula is C21H23F4N7. The Balaban J connectivity index is 1.57. The lowest BCUT2D eigenvalue weighted by Gasteiger charge is -2.36. The van der Waals surface area contributed by atoms with Crippen molar-refractivity contribution in [2.45, 2.75) is 50.2 Å². The number of benzene rings is 1. The van der Waals surface area contributed by atoms with Crippen LogP contribution in [0.2, 0.25) is 0 Å². The summed E-state index contributed by atoms with van der Waals surface area (Å²) in [4.78, 5) is 10.9. The van der Waals surface area contributed by atoms with Gasteiger partial charge in [0, 0.05) is 29.9 Å². The van der Waals surface area contributed by atoms with Gasteiger partial charge in [-0.1, -0.05) is 0 Å². The van der Waals surface area contributed by atoms with Gasteiger partial charge in [0.05, 0.1) is 16.8 Å². The summed E-state index contributed by atoms with van der Waals surface area (Å²) in [6.45, 7) is 3.21. The van der Waals surface area contributed by atoms with Crippen LogP contribution in [0.5, 0.6) is 0 Å². The van der Waals surface area contributed by atoms with Crippen molar-refractivity contribution in [2.75, 3.05) is 23.3 Å². The highest BCUT2D eigenvalue weighted by Gasteiger charge is 2.33. The quantitative estimate of drug-likeness (QED) is 0.510. The molecule has 1 saturated carbocycles. The fourth-order valence-corrected chi connectivity index (χ4v) is 3.93. The van der Waals surface area contributed by atoms with Crippen LogP contribution < -0.4 is 16.0 Å². The van der Waals surface area contributed by atoms with Crippen LogP contribution in [0.3, 0.4) is 0 Å². The number of hydrogen-bond donors (Lipinski definition) is 3. The molecule has 2 fully saturated rings. The molecule has 4 N–H and O–H groups in total. The fraction of sp³-hybridized carbons (Fsp3) is 0.476. The molecule has 170 valence electrons. The molecule has 0 amide bonds. The molecule has 7 nitrogen and oxygen atoms in total. The number of rotatable bonds is 4. The van der Waals surface area contributed by atoms with Crippen molar-refractivity contribution >= 4 is 28.5 Å². The summed E-state index contributed by atoms with van der Waals surface area (Å²) >= 11 is 0. The van der Waals surface area contributed by atoms with Gasteiger partial charge in [-0.15, -0.1) is 0 Å². The Hall–Kier alpha value is -2.95. The minimum atomic E-state index is -4.53. The summed E-state index contributed by atoms with van der Waals surface area (Å²) in [5.74, 6) is -0.0989. The number of nitrogens with zero attached hydrogens (tertiary/aromatic N) is 4. The monoisotopic (exact) mass is 449 g/mol. The first kappa shape index (κ1) is 20.9. The first-order chi connectivity index (χ1) is 15.1. The van der Waals surface area contributed by atoms with E-state index in [2.05, 4.69) is 25.5 Å². The summed E-state index contributed by atoms with van der Waals surface area (Å²) in [5, 5.41) is 9.62. The van der Waals surface area contributed by atoms with E-state index in [0.29, 0.717) is 30.2 Å². The number of nitrogens with two attached hydrogens (primary N) is 1. The number of halogens is 4. The predicted octanol–water partition coefficient (Wildman–Crippen LogP) is 4.45. The summed E-state index contributed by atoms with van der Waals surface area (Å²) < 4.78 is 54.8. The maximum atomic E-state index is 14.8. The molecule has 0 bridgehead atoms. The molecule has 1 aliphatic heterocycles. The average molecular weight is 449 g/mol. The Labute approximate surface area is 181 Å². The highest BCUT2D eigenvalue weighted by molar-refractivity contribution is 5.92. The Kier molecular flexibility index (Phi) is 4.77. The van der Waals surface area contributed by atoms with Crippen molar-refractivity contribution in [3.8, 4) is 0 Å². The Morgan fingerprint density at radius 1 is 1.16 bits per heavy atom. The predicted molar refractivity (Wildman–Crippen MR) is 112 cm³/mol. The number of alkyl halides is 3. The standard InChI is InChI=1S/C21H23F4N7/c1-20(26)6-8-32(9-7-20)19-27-14-5-4-12(21(23,24)25)10-13(14)17(29-19)28-18-15(22)16(30-31-18)11-2-3-11/h4-5,10-11H,2-3,6-9,26H2,1H3,(H2,27,28,29,30,31). The lowest BCUT2D eigenvalue weighted by Crippen LogP contribution is -2.48. The zero-order chi connectivity index (χ0) is 22.7. The van der Waals surface area contributed by atoms with E-state index in [0.717, 1.165) is 37.8 Å². The van der Waals surface area contributed by atoms with Crippen molar-refractivity contribution in [2.24, 2.45) is 5.73 Å². The van der Waals surface area contributed by atoms with Crippen molar-refractivity contribution in [3.63, 3.8) is 0 Å². The van der Waals surface area contributed by atoms with Gasteiger partial charge in [-0.3, -0.25) is 5.10 Å². The van der Waals surface area contributed by atoms with Gasteiger partial charge in [0.25, 0.3) is 0 Å². The molecule has 0 atom stereocenters. The van der Waals surface area contributed by atoms with E-state index in [1.807, 2.05) is 11.8 Å². The zero-order valence-electron chi connectivity index (χ0n) is 17.4. The van der Waals surface area contributed by atoms with Gasteiger partial charge >= 0.3 is 6.18 Å². The van der Waals surface area contributed by atoms with Gasteiger partial charge in [0.2, 0.25) is 5.95 Å². The van der Waals surface area contributed by atoms with Crippen LogP contribution in [-0.2, 0) is 6.18 Å². The number of H-pyrrole nitrogens is 1. The normalized spacial score (nSPS) is 18.9. The third-order valence-corrected chi connectivity index (χ3v) is 6.15. The number of anilines is 3. The summed E-state index contributed by atoms with van der Waals surface area (Å²) in [6.07, 6.45) is -1.32. The van der Waals surface area contributed by atoms with E-state index in [-0.39, 0.29) is 28.5 Å². The number of fused-ring (bicyclic) bond motifs is 1. The molecule has 5 rings (SSSR count). The van der Waals surface area contributed by atoms with E-state index >= 15 is 0 Å². The van der Waals surface area contributed by atoms with Crippen molar-refractivity contribution in [1.82, 2.24) is 20.2 Å². The highest BCUT2D eigenvalue weighted by atomic mass is 19.4. The Morgan fingerprint density at radius 2 is 1.88 bits per heavy atom. The summed E-state index contributed by atoms with van der Waals surface area (Å²) in [5.41, 5.74) is 5.82. The van der Waals surface area contributed by atoms with Crippen molar-refractivity contribution in [1.29, 1.82) is 0 Å². The van der Waals surface area contributed by atoms with Gasteiger partial charge < -0.3 is 16.0 Å². The number of hydrogen-bond acceptors (Lipinski definition) is 6. The lowest BCUT2D eigenvalue weighted by atomic mass is 9.91. The summed E-state index contributed by atoms with van der Waals surface area (Å²) in [7, 11) is 0. The molecule has 1 aliphatic carbocycles. The van der Waals surface area contributed by atoms with Gasteiger partial charge in [-0.2, -0.15) is 23.3 Å². The topological polar surface area (TPSA) is 95.7 Å². The van der Waals surface area contributed by atoms with Crippen LogP contribution in [0.4, 0.5) is 35.1 Å². The van der Waals surface area contributed by atoms with E-state index in [4.69, 9.17) is 5.73 Å². The van der Waals surface area contributed by atoms with Crippen LogP contribution in [-0.4, -0.2) is 38.8 Å². The molecule has 0 spiro atoms. The van der Waals surface area contributed by atoms with E-state index in [1.54, 1.807) is 0 Å². The molecular weight excluding hydrogens is 426 g/mol. The second-order valence-electron chi connectivity index (χ2n) is 8.94. The number of piperidine rings is 1. The largest absolute Gasteiger partial charge is 0.416 e. The number of nitrogens with one attached hydrogen (secondary N) is 2. The van der Waals surface area contributed by atoms with Crippen molar-refractivity contribution < 1.29 is 17.6 Å². The molecule has 0 unspecified atom stereocenters. The minimum absolute atomic E-state index is 0.0740. The van der Waals surface area contributed by atoms with E-state index < -0.39 is 17.6 Å². The van der Waals surface area contributed by atoms with Crippen LogP contribution >= 0.6 is 0 Å². The van der Waals surface area contributed by atoms with Crippen molar-refractivity contribution in [3.05, 3.63) is 35.3 Å². The number of aromatic nitrogens is 4. The fourth-order valence-electron chi connectivity index (χ4n) is 3.93. The second kappa shape index (κ2) is 7.29. The lowest BCUT2D eigenvalue weighted by molar-refractivity contribution is -0.137. The smallest absolute Gasteiger partial charge is 0.341 e. The Morgan fingerprint density at radius 3 is 2.53 bits per heavy atom.